The number of ether oxygens (including phenoxy) is 1. The molecular formula is C31H24Cl2FNO5S. The molecule has 5 rings (SSSR count). The minimum absolute atomic E-state index is 0.0481. The maximum absolute atomic E-state index is 14.4. The third-order valence-electron chi connectivity index (χ3n) is 7.59. The molecule has 210 valence electrons. The van der Waals surface area contributed by atoms with Gasteiger partial charge in [-0.25, -0.2) is 9.18 Å². The Kier molecular flexibility index (Phi) is 7.92. The molecule has 10 heteroatoms. The molecule has 1 aromatic heterocycles. The first-order valence-corrected chi connectivity index (χ1v) is 14.1. The lowest BCUT2D eigenvalue weighted by Crippen LogP contribution is -2.54. The SMILES string of the molecule is COc1cccc(C2C(C(=O)c3ccc(Cl)s3)C(c3ccc(Cl)cc3)N(C(=O)c3cccc(F)c3)C2(C)C(=O)O)c1. The molecule has 1 aliphatic heterocycles. The van der Waals surface area contributed by atoms with Crippen molar-refractivity contribution in [2.45, 2.75) is 24.4 Å². The van der Waals surface area contributed by atoms with E-state index in [0.717, 1.165) is 17.4 Å². The zero-order chi connectivity index (χ0) is 29.5. The number of rotatable bonds is 7. The Hall–Kier alpha value is -3.72. The number of Topliss-reactive ketones (excluding diaryl/α,β-unsaturated/α-hetero) is 1. The molecule has 0 radical (unpaired) electrons. The number of benzene rings is 3. The number of carboxylic acid groups (broad SMARTS) is 1. The van der Waals surface area contributed by atoms with E-state index in [2.05, 4.69) is 0 Å². The van der Waals surface area contributed by atoms with Gasteiger partial charge in [0.1, 0.15) is 17.1 Å². The van der Waals surface area contributed by atoms with Gasteiger partial charge in [-0.2, -0.15) is 0 Å². The van der Waals surface area contributed by atoms with Crippen molar-refractivity contribution in [2.24, 2.45) is 5.92 Å². The summed E-state index contributed by atoms with van der Waals surface area (Å²) < 4.78 is 20.1. The van der Waals surface area contributed by atoms with Gasteiger partial charge in [-0.05, 0) is 72.6 Å². The van der Waals surface area contributed by atoms with Crippen LogP contribution >= 0.6 is 34.5 Å². The van der Waals surface area contributed by atoms with E-state index >= 15 is 0 Å². The van der Waals surface area contributed by atoms with Crippen LogP contribution in [0.5, 0.6) is 5.75 Å². The molecule has 0 aliphatic carbocycles. The second-order valence-corrected chi connectivity index (χ2v) is 12.0. The van der Waals surface area contributed by atoms with Crippen LogP contribution < -0.4 is 4.74 Å². The highest BCUT2D eigenvalue weighted by Gasteiger charge is 2.65. The Morgan fingerprint density at radius 2 is 1.66 bits per heavy atom. The highest BCUT2D eigenvalue weighted by atomic mass is 35.5. The van der Waals surface area contributed by atoms with Crippen LogP contribution in [0.15, 0.2) is 84.9 Å². The van der Waals surface area contributed by atoms with Gasteiger partial charge < -0.3 is 14.7 Å². The van der Waals surface area contributed by atoms with Gasteiger partial charge in [-0.3, -0.25) is 9.59 Å². The van der Waals surface area contributed by atoms with Crippen molar-refractivity contribution in [3.63, 3.8) is 0 Å². The second-order valence-electron chi connectivity index (χ2n) is 9.88. The van der Waals surface area contributed by atoms with Crippen molar-refractivity contribution in [3.8, 4) is 5.75 Å². The number of likely N-dealkylation sites (tertiary alicyclic amines) is 1. The number of carbonyl (C=O) groups is 3. The van der Waals surface area contributed by atoms with Crippen LogP contribution in [-0.4, -0.2) is 40.3 Å². The molecule has 2 heterocycles. The number of thiophene rings is 1. The highest BCUT2D eigenvalue weighted by Crippen LogP contribution is 2.57. The summed E-state index contributed by atoms with van der Waals surface area (Å²) in [4.78, 5) is 43.6. The summed E-state index contributed by atoms with van der Waals surface area (Å²) in [5.74, 6) is -4.75. The van der Waals surface area contributed by atoms with Gasteiger partial charge in [0.2, 0.25) is 0 Å². The summed E-state index contributed by atoms with van der Waals surface area (Å²) in [6.07, 6.45) is 0. The number of hydrogen-bond donors (Lipinski definition) is 1. The largest absolute Gasteiger partial charge is 0.497 e. The van der Waals surface area contributed by atoms with E-state index in [1.165, 1.54) is 37.1 Å². The molecule has 1 amide bonds. The number of carbonyl (C=O) groups excluding carboxylic acids is 2. The fourth-order valence-corrected chi connectivity index (χ4v) is 6.91. The first-order chi connectivity index (χ1) is 19.6. The van der Waals surface area contributed by atoms with E-state index in [1.807, 2.05) is 0 Å². The Balaban J connectivity index is 1.83. The van der Waals surface area contributed by atoms with Gasteiger partial charge in [-0.1, -0.05) is 53.5 Å². The van der Waals surface area contributed by atoms with Crippen LogP contribution in [0.4, 0.5) is 4.39 Å². The Morgan fingerprint density at radius 1 is 0.951 bits per heavy atom. The first kappa shape index (κ1) is 28.8. The molecule has 1 saturated heterocycles. The van der Waals surface area contributed by atoms with Gasteiger partial charge in [-0.15, -0.1) is 11.3 Å². The van der Waals surface area contributed by atoms with E-state index < -0.39 is 41.1 Å². The Bertz CT molecular complexity index is 1640. The lowest BCUT2D eigenvalue weighted by molar-refractivity contribution is -0.148. The smallest absolute Gasteiger partial charge is 0.330 e. The fraction of sp³-hybridized carbons (Fsp3) is 0.194. The lowest BCUT2D eigenvalue weighted by Gasteiger charge is -2.38. The van der Waals surface area contributed by atoms with Gasteiger partial charge >= 0.3 is 5.97 Å². The molecule has 0 saturated carbocycles. The topological polar surface area (TPSA) is 83.9 Å². The summed E-state index contributed by atoms with van der Waals surface area (Å²) in [6, 6.07) is 20.5. The molecule has 4 unspecified atom stereocenters. The molecule has 1 fully saturated rings. The van der Waals surface area contributed by atoms with E-state index in [0.29, 0.717) is 31.1 Å². The van der Waals surface area contributed by atoms with Gasteiger partial charge in [0.15, 0.2) is 5.78 Å². The quantitative estimate of drug-likeness (QED) is 0.218. The average molecular weight is 613 g/mol. The molecule has 6 nitrogen and oxygen atoms in total. The fourth-order valence-electron chi connectivity index (χ4n) is 5.75. The lowest BCUT2D eigenvalue weighted by atomic mass is 9.72. The van der Waals surface area contributed by atoms with Crippen LogP contribution in [0.3, 0.4) is 0 Å². The van der Waals surface area contributed by atoms with E-state index in [1.54, 1.807) is 60.7 Å². The minimum atomic E-state index is -1.96. The van der Waals surface area contributed by atoms with Crippen molar-refractivity contribution in [2.75, 3.05) is 7.11 Å². The summed E-state index contributed by atoms with van der Waals surface area (Å²) >= 11 is 13.5. The average Bonchev–Trinajstić information content (AvgIpc) is 3.52. The normalized spacial score (nSPS) is 22.0. The number of hydrogen-bond acceptors (Lipinski definition) is 5. The molecule has 3 aromatic carbocycles. The third kappa shape index (κ3) is 5.12. The number of ketones is 1. The van der Waals surface area contributed by atoms with Crippen LogP contribution in [-0.2, 0) is 4.79 Å². The molecule has 1 N–H and O–H groups in total. The van der Waals surface area contributed by atoms with E-state index in [-0.39, 0.29) is 11.3 Å². The maximum atomic E-state index is 14.4. The number of amides is 1. The maximum Gasteiger partial charge on any atom is 0.330 e. The molecule has 41 heavy (non-hydrogen) atoms. The number of methoxy groups -OCH3 is 1. The molecule has 0 bridgehead atoms. The van der Waals surface area contributed by atoms with E-state index in [9.17, 15) is 23.9 Å². The van der Waals surface area contributed by atoms with Crippen LogP contribution in [0, 0.1) is 11.7 Å². The van der Waals surface area contributed by atoms with Crippen molar-refractivity contribution in [3.05, 3.63) is 122 Å². The van der Waals surface area contributed by atoms with Gasteiger partial charge in [0.05, 0.1) is 28.3 Å². The van der Waals surface area contributed by atoms with E-state index in [4.69, 9.17) is 27.9 Å². The van der Waals surface area contributed by atoms with Crippen LogP contribution in [0.1, 0.15) is 50.0 Å². The second kappa shape index (κ2) is 11.3. The molecule has 4 aromatic rings. The predicted molar refractivity (Wildman–Crippen MR) is 156 cm³/mol. The van der Waals surface area contributed by atoms with Crippen molar-refractivity contribution >= 4 is 52.2 Å². The number of aliphatic carboxylic acids is 1. The van der Waals surface area contributed by atoms with Crippen molar-refractivity contribution in [1.82, 2.24) is 4.90 Å². The Morgan fingerprint density at radius 3 is 2.27 bits per heavy atom. The molecular weight excluding hydrogens is 588 g/mol. The van der Waals surface area contributed by atoms with Crippen molar-refractivity contribution in [1.29, 1.82) is 0 Å². The number of carboxylic acids is 1. The molecule has 1 aliphatic rings. The molecule has 0 spiro atoms. The summed E-state index contributed by atoms with van der Waals surface area (Å²) in [5.41, 5.74) is -1.02. The van der Waals surface area contributed by atoms with Gasteiger partial charge in [0.25, 0.3) is 5.91 Å². The van der Waals surface area contributed by atoms with Crippen molar-refractivity contribution < 1.29 is 28.6 Å². The summed E-state index contributed by atoms with van der Waals surface area (Å²) in [7, 11) is 1.48. The zero-order valence-corrected chi connectivity index (χ0v) is 24.2. The Labute approximate surface area is 249 Å². The zero-order valence-electron chi connectivity index (χ0n) is 21.9. The summed E-state index contributed by atoms with van der Waals surface area (Å²) in [5, 5.41) is 11.3. The number of nitrogens with zero attached hydrogens (tertiary/aromatic N) is 1. The first-order valence-electron chi connectivity index (χ1n) is 12.6. The molecule has 4 atom stereocenters. The summed E-state index contributed by atoms with van der Waals surface area (Å²) in [6.45, 7) is 1.42. The number of halogens is 3. The predicted octanol–water partition coefficient (Wildman–Crippen LogP) is 7.53. The van der Waals surface area contributed by atoms with Crippen LogP contribution in [0.25, 0.3) is 0 Å². The minimum Gasteiger partial charge on any atom is -0.497 e. The monoisotopic (exact) mass is 611 g/mol. The van der Waals surface area contributed by atoms with Crippen LogP contribution in [0.2, 0.25) is 9.36 Å². The standard InChI is InChI=1S/C31H24Cl2FNO5S/c1-31(30(38)39)26(18-5-4-8-22(16-18)40-2)25(28(36)23-13-14-24(33)41-23)27(17-9-11-20(32)12-10-17)35(31)29(37)19-6-3-7-21(34)15-19/h3-16,25-27H,1-2H3,(H,38,39). The van der Waals surface area contributed by atoms with Gasteiger partial charge in [0, 0.05) is 16.5 Å². The highest BCUT2D eigenvalue weighted by molar-refractivity contribution is 7.18. The third-order valence-corrected chi connectivity index (χ3v) is 9.09.